The molecule has 1 N–H and O–H groups in total. The van der Waals surface area contributed by atoms with E-state index in [0.29, 0.717) is 17.1 Å². The van der Waals surface area contributed by atoms with Crippen LogP contribution in [0.3, 0.4) is 0 Å². The highest BCUT2D eigenvalue weighted by Crippen LogP contribution is 2.34. The Bertz CT molecular complexity index is 572. The van der Waals surface area contributed by atoms with Crippen LogP contribution < -0.4 is 9.64 Å². The largest absolute Gasteiger partial charge is 0.504 e. The molecule has 0 atom stereocenters. The van der Waals surface area contributed by atoms with Gasteiger partial charge in [-0.3, -0.25) is 0 Å². The molecule has 2 rings (SSSR count). The highest BCUT2D eigenvalue weighted by Gasteiger charge is 2.12. The fraction of sp³-hybridized carbons (Fsp3) is 0.273. The molecule has 17 heavy (non-hydrogen) atoms. The van der Waals surface area contributed by atoms with Gasteiger partial charge in [0.25, 0.3) is 0 Å². The van der Waals surface area contributed by atoms with E-state index >= 15 is 0 Å². The van der Waals surface area contributed by atoms with Gasteiger partial charge >= 0.3 is 0 Å². The quantitative estimate of drug-likeness (QED) is 0.831. The van der Waals surface area contributed by atoms with Crippen LogP contribution in [0.2, 0.25) is 5.28 Å². The Morgan fingerprint density at radius 2 is 2.00 bits per heavy atom. The van der Waals surface area contributed by atoms with Gasteiger partial charge in [0.1, 0.15) is 5.82 Å². The molecule has 0 amide bonds. The monoisotopic (exact) mass is 253 g/mol. The number of aromatic nitrogens is 2. The average molecular weight is 254 g/mol. The minimum Gasteiger partial charge on any atom is -0.504 e. The predicted molar refractivity (Wildman–Crippen MR) is 67.1 cm³/mol. The van der Waals surface area contributed by atoms with E-state index in [-0.39, 0.29) is 11.0 Å². The van der Waals surface area contributed by atoms with Crippen molar-refractivity contribution in [2.24, 2.45) is 0 Å². The number of phenolic OH excluding ortho intramolecular Hbond substituents is 1. The Kier molecular flexibility index (Phi) is 2.93. The van der Waals surface area contributed by atoms with Crippen LogP contribution in [0.25, 0.3) is 10.9 Å². The molecule has 0 aliphatic rings. The summed E-state index contributed by atoms with van der Waals surface area (Å²) in [5.41, 5.74) is 0.576. The van der Waals surface area contributed by atoms with Crippen molar-refractivity contribution in [3.05, 3.63) is 17.4 Å². The molecular formula is C11H12ClN3O2. The van der Waals surface area contributed by atoms with Crippen molar-refractivity contribution < 1.29 is 9.84 Å². The number of fused-ring (bicyclic) bond motifs is 1. The van der Waals surface area contributed by atoms with Crippen LogP contribution in [-0.4, -0.2) is 36.3 Å². The lowest BCUT2D eigenvalue weighted by Gasteiger charge is -2.15. The van der Waals surface area contributed by atoms with Gasteiger partial charge in [-0.05, 0) is 17.7 Å². The van der Waals surface area contributed by atoms with Gasteiger partial charge in [0.15, 0.2) is 11.5 Å². The maximum atomic E-state index is 9.69. The molecule has 90 valence electrons. The molecule has 0 fully saturated rings. The normalized spacial score (nSPS) is 10.6. The number of anilines is 1. The lowest BCUT2D eigenvalue weighted by molar-refractivity contribution is 0.374. The Hall–Kier alpha value is -1.75. The minimum atomic E-state index is 0.0273. The fourth-order valence-electron chi connectivity index (χ4n) is 1.61. The van der Waals surface area contributed by atoms with Crippen molar-refractivity contribution in [3.63, 3.8) is 0 Å². The smallest absolute Gasteiger partial charge is 0.224 e. The Balaban J connectivity index is 2.81. The zero-order valence-corrected chi connectivity index (χ0v) is 10.5. The van der Waals surface area contributed by atoms with Gasteiger partial charge in [0, 0.05) is 25.5 Å². The maximum absolute atomic E-state index is 9.69. The number of nitrogens with zero attached hydrogens (tertiary/aromatic N) is 3. The van der Waals surface area contributed by atoms with Gasteiger partial charge in [-0.15, -0.1) is 0 Å². The molecule has 0 unspecified atom stereocenters. The Labute approximate surface area is 104 Å². The fourth-order valence-corrected chi connectivity index (χ4v) is 1.78. The van der Waals surface area contributed by atoms with E-state index in [1.54, 1.807) is 6.07 Å². The van der Waals surface area contributed by atoms with E-state index in [1.807, 2.05) is 19.0 Å². The van der Waals surface area contributed by atoms with Crippen LogP contribution >= 0.6 is 11.6 Å². The molecule has 6 heteroatoms. The SMILES string of the molecule is COc1cc2c(N(C)C)nc(Cl)nc2cc1O. The molecule has 2 aromatic rings. The van der Waals surface area contributed by atoms with Crippen molar-refractivity contribution in [1.29, 1.82) is 0 Å². The molecule has 5 nitrogen and oxygen atoms in total. The molecule has 0 spiro atoms. The van der Waals surface area contributed by atoms with E-state index in [1.165, 1.54) is 13.2 Å². The minimum absolute atomic E-state index is 0.0273. The summed E-state index contributed by atoms with van der Waals surface area (Å²) in [5.74, 6) is 1.09. The van der Waals surface area contributed by atoms with Gasteiger partial charge < -0.3 is 14.7 Å². The Morgan fingerprint density at radius 1 is 1.29 bits per heavy atom. The van der Waals surface area contributed by atoms with Gasteiger partial charge in [-0.1, -0.05) is 0 Å². The maximum Gasteiger partial charge on any atom is 0.224 e. The van der Waals surface area contributed by atoms with Crippen molar-refractivity contribution in [2.75, 3.05) is 26.1 Å². The Morgan fingerprint density at radius 3 is 2.59 bits per heavy atom. The van der Waals surface area contributed by atoms with Crippen molar-refractivity contribution in [3.8, 4) is 11.5 Å². The summed E-state index contributed by atoms with van der Waals surface area (Å²) >= 11 is 5.83. The van der Waals surface area contributed by atoms with Gasteiger partial charge in [-0.2, -0.15) is 4.98 Å². The topological polar surface area (TPSA) is 58.5 Å². The van der Waals surface area contributed by atoms with Crippen LogP contribution in [0.15, 0.2) is 12.1 Å². The summed E-state index contributed by atoms with van der Waals surface area (Å²) in [7, 11) is 5.21. The number of ether oxygens (including phenoxy) is 1. The lowest BCUT2D eigenvalue weighted by atomic mass is 10.2. The molecule has 0 aliphatic heterocycles. The second kappa shape index (κ2) is 4.25. The van der Waals surface area contributed by atoms with Crippen LogP contribution in [0.5, 0.6) is 11.5 Å². The third-order valence-corrected chi connectivity index (χ3v) is 2.54. The zero-order valence-electron chi connectivity index (χ0n) is 9.73. The van der Waals surface area contributed by atoms with Gasteiger partial charge in [-0.25, -0.2) is 4.98 Å². The second-order valence-electron chi connectivity index (χ2n) is 3.75. The number of phenols is 1. The first-order valence-corrected chi connectivity index (χ1v) is 5.32. The summed E-state index contributed by atoms with van der Waals surface area (Å²) in [4.78, 5) is 10.0. The summed E-state index contributed by atoms with van der Waals surface area (Å²) in [6.45, 7) is 0. The van der Waals surface area contributed by atoms with E-state index < -0.39 is 0 Å². The highest BCUT2D eigenvalue weighted by atomic mass is 35.5. The van der Waals surface area contributed by atoms with Crippen molar-refractivity contribution >= 4 is 28.3 Å². The van der Waals surface area contributed by atoms with E-state index in [2.05, 4.69) is 9.97 Å². The lowest BCUT2D eigenvalue weighted by Crippen LogP contribution is -2.11. The molecule has 1 heterocycles. The predicted octanol–water partition coefficient (Wildman–Crippen LogP) is 2.06. The summed E-state index contributed by atoms with van der Waals surface area (Å²) < 4.78 is 5.06. The number of aromatic hydroxyl groups is 1. The van der Waals surface area contributed by atoms with E-state index in [4.69, 9.17) is 16.3 Å². The van der Waals surface area contributed by atoms with Crippen LogP contribution in [0, 0.1) is 0 Å². The molecule has 1 aromatic carbocycles. The first kappa shape index (κ1) is 11.7. The standard InChI is InChI=1S/C11H12ClN3O2/c1-15(2)10-6-4-9(17-3)8(16)5-7(6)13-11(12)14-10/h4-5,16H,1-3H3. The van der Waals surface area contributed by atoms with Crippen LogP contribution in [-0.2, 0) is 0 Å². The van der Waals surface area contributed by atoms with Gasteiger partial charge in [0.05, 0.1) is 12.6 Å². The number of halogens is 1. The molecule has 0 saturated heterocycles. The third kappa shape index (κ3) is 2.06. The highest BCUT2D eigenvalue weighted by molar-refractivity contribution is 6.28. The number of hydrogen-bond donors (Lipinski definition) is 1. The van der Waals surface area contributed by atoms with Crippen molar-refractivity contribution in [1.82, 2.24) is 9.97 Å². The number of hydrogen-bond acceptors (Lipinski definition) is 5. The van der Waals surface area contributed by atoms with E-state index in [0.717, 1.165) is 5.39 Å². The molecule has 0 radical (unpaired) electrons. The third-order valence-electron chi connectivity index (χ3n) is 2.37. The number of benzene rings is 1. The van der Waals surface area contributed by atoms with Crippen LogP contribution in [0.1, 0.15) is 0 Å². The summed E-state index contributed by atoms with van der Waals surface area (Å²) in [6, 6.07) is 3.20. The molecule has 0 bridgehead atoms. The average Bonchev–Trinajstić information content (AvgIpc) is 2.26. The zero-order chi connectivity index (χ0) is 12.6. The van der Waals surface area contributed by atoms with Crippen LogP contribution in [0.4, 0.5) is 5.82 Å². The molecule has 0 saturated carbocycles. The molecule has 0 aliphatic carbocycles. The van der Waals surface area contributed by atoms with Gasteiger partial charge in [0.2, 0.25) is 5.28 Å². The van der Waals surface area contributed by atoms with E-state index in [9.17, 15) is 5.11 Å². The second-order valence-corrected chi connectivity index (χ2v) is 4.09. The number of rotatable bonds is 2. The molecule has 1 aromatic heterocycles. The summed E-state index contributed by atoms with van der Waals surface area (Å²) in [5, 5.41) is 10.6. The first-order chi connectivity index (χ1) is 8.02. The summed E-state index contributed by atoms with van der Waals surface area (Å²) in [6.07, 6.45) is 0. The number of methoxy groups -OCH3 is 1. The first-order valence-electron chi connectivity index (χ1n) is 4.94. The van der Waals surface area contributed by atoms with Crippen molar-refractivity contribution in [2.45, 2.75) is 0 Å². The molecular weight excluding hydrogens is 242 g/mol.